The van der Waals surface area contributed by atoms with E-state index in [9.17, 15) is 19.2 Å². The molecule has 0 unspecified atom stereocenters. The number of imide groups is 1. The Bertz CT molecular complexity index is 1480. The smallest absolute Gasteiger partial charge is 0.308 e. The van der Waals surface area contributed by atoms with E-state index in [0.717, 1.165) is 11.1 Å². The summed E-state index contributed by atoms with van der Waals surface area (Å²) >= 11 is 6.03. The standard InChI is InChI=1S/C29H21ClN2O5/c1-16(33)37-21-12-6-18(7-13-21)27(34)26-24-23(25-22-5-3-2-4-17(22)14-15-31(25)26)28(35)32(29(24)36)20-10-8-19(30)9-11-20/h2-15,23-26H,1H3/t23-,24+,25+,26+/m1/s1. The summed E-state index contributed by atoms with van der Waals surface area (Å²) in [6, 6.07) is 19.1. The molecule has 3 aliphatic rings. The molecule has 4 atom stereocenters. The number of esters is 1. The quantitative estimate of drug-likeness (QED) is 0.219. The highest BCUT2D eigenvalue weighted by molar-refractivity contribution is 6.31. The van der Waals surface area contributed by atoms with Gasteiger partial charge in [0.25, 0.3) is 0 Å². The van der Waals surface area contributed by atoms with E-state index in [-0.39, 0.29) is 11.7 Å². The van der Waals surface area contributed by atoms with E-state index in [1.807, 2.05) is 41.4 Å². The van der Waals surface area contributed by atoms with Crippen LogP contribution >= 0.6 is 11.6 Å². The van der Waals surface area contributed by atoms with Gasteiger partial charge in [-0.1, -0.05) is 35.9 Å². The number of fused-ring (bicyclic) bond motifs is 5. The number of ether oxygens (including phenoxy) is 1. The Morgan fingerprint density at radius 1 is 0.865 bits per heavy atom. The van der Waals surface area contributed by atoms with Crippen molar-refractivity contribution in [1.82, 2.24) is 4.90 Å². The summed E-state index contributed by atoms with van der Waals surface area (Å²) < 4.78 is 5.08. The molecular formula is C29H21ClN2O5. The van der Waals surface area contributed by atoms with E-state index < -0.39 is 35.8 Å². The van der Waals surface area contributed by atoms with Crippen molar-refractivity contribution >= 4 is 46.9 Å². The molecule has 7 nitrogen and oxygen atoms in total. The van der Waals surface area contributed by atoms with Gasteiger partial charge in [0, 0.05) is 23.7 Å². The Morgan fingerprint density at radius 3 is 2.24 bits per heavy atom. The summed E-state index contributed by atoms with van der Waals surface area (Å²) in [4.78, 5) is 56.0. The zero-order chi connectivity index (χ0) is 25.8. The fraction of sp³-hybridized carbons (Fsp3) is 0.172. The topological polar surface area (TPSA) is 84.0 Å². The Labute approximate surface area is 217 Å². The van der Waals surface area contributed by atoms with Crippen molar-refractivity contribution in [2.24, 2.45) is 11.8 Å². The summed E-state index contributed by atoms with van der Waals surface area (Å²) in [7, 11) is 0. The number of carbonyl (C=O) groups excluding carboxylic acids is 4. The van der Waals surface area contributed by atoms with Crippen molar-refractivity contribution in [3.8, 4) is 5.75 Å². The monoisotopic (exact) mass is 512 g/mol. The second-order valence-corrected chi connectivity index (χ2v) is 9.74. The maximum Gasteiger partial charge on any atom is 0.308 e. The normalized spacial score (nSPS) is 23.5. The van der Waals surface area contributed by atoms with Crippen LogP contribution in [0.25, 0.3) is 6.08 Å². The highest BCUT2D eigenvalue weighted by atomic mass is 35.5. The largest absolute Gasteiger partial charge is 0.427 e. The summed E-state index contributed by atoms with van der Waals surface area (Å²) in [6.07, 6.45) is 3.72. The lowest BCUT2D eigenvalue weighted by Crippen LogP contribution is -2.44. The maximum atomic E-state index is 13.9. The molecule has 184 valence electrons. The van der Waals surface area contributed by atoms with E-state index in [2.05, 4.69) is 0 Å². The molecule has 3 aromatic rings. The summed E-state index contributed by atoms with van der Waals surface area (Å²) in [5.41, 5.74) is 2.64. The molecule has 0 radical (unpaired) electrons. The molecule has 2 fully saturated rings. The van der Waals surface area contributed by atoms with Crippen molar-refractivity contribution in [1.29, 1.82) is 0 Å². The fourth-order valence-corrected chi connectivity index (χ4v) is 5.85. The van der Waals surface area contributed by atoms with Crippen LogP contribution in [-0.4, -0.2) is 34.5 Å². The fourth-order valence-electron chi connectivity index (χ4n) is 5.73. The predicted octanol–water partition coefficient (Wildman–Crippen LogP) is 4.66. The van der Waals surface area contributed by atoms with Crippen LogP contribution in [0.3, 0.4) is 0 Å². The Balaban J connectivity index is 1.44. The van der Waals surface area contributed by atoms with Crippen molar-refractivity contribution in [3.05, 3.63) is 101 Å². The van der Waals surface area contributed by atoms with E-state index in [4.69, 9.17) is 16.3 Å². The summed E-state index contributed by atoms with van der Waals surface area (Å²) in [6.45, 7) is 1.30. The van der Waals surface area contributed by atoms with E-state index in [0.29, 0.717) is 22.0 Å². The molecule has 3 heterocycles. The van der Waals surface area contributed by atoms with Gasteiger partial charge in [-0.25, -0.2) is 4.90 Å². The molecule has 2 amide bonds. The molecule has 37 heavy (non-hydrogen) atoms. The minimum absolute atomic E-state index is 0.282. The van der Waals surface area contributed by atoms with Crippen LogP contribution in [0.15, 0.2) is 79.0 Å². The second-order valence-electron chi connectivity index (χ2n) is 9.30. The summed E-state index contributed by atoms with van der Waals surface area (Å²) in [5.74, 6) is -2.78. The third-order valence-electron chi connectivity index (χ3n) is 7.22. The van der Waals surface area contributed by atoms with Crippen LogP contribution in [0.1, 0.15) is 34.5 Å². The molecule has 0 N–H and O–H groups in total. The SMILES string of the molecule is CC(=O)Oc1ccc(C(=O)[C@@H]2[C@H]3C(=O)N(c4ccc(Cl)cc4)C(=O)[C@H]3[C@@H]3c4ccccc4C=CN23)cc1. The van der Waals surface area contributed by atoms with Crippen LogP contribution in [-0.2, 0) is 14.4 Å². The molecule has 8 heteroatoms. The van der Waals surface area contributed by atoms with Gasteiger partial charge >= 0.3 is 5.97 Å². The van der Waals surface area contributed by atoms with E-state index in [1.165, 1.54) is 11.8 Å². The number of halogens is 1. The number of anilines is 1. The van der Waals surface area contributed by atoms with Gasteiger partial charge in [0.15, 0.2) is 5.78 Å². The third kappa shape index (κ3) is 3.65. The number of hydrogen-bond acceptors (Lipinski definition) is 6. The lowest BCUT2D eigenvalue weighted by Gasteiger charge is -2.35. The van der Waals surface area contributed by atoms with Gasteiger partial charge in [-0.2, -0.15) is 0 Å². The summed E-state index contributed by atoms with van der Waals surface area (Å²) in [5, 5.41) is 0.491. The van der Waals surface area contributed by atoms with Crippen molar-refractivity contribution in [2.45, 2.75) is 19.0 Å². The first-order valence-electron chi connectivity index (χ1n) is 11.9. The third-order valence-corrected chi connectivity index (χ3v) is 7.47. The Morgan fingerprint density at radius 2 is 1.54 bits per heavy atom. The van der Waals surface area contributed by atoms with Crippen LogP contribution < -0.4 is 9.64 Å². The minimum Gasteiger partial charge on any atom is -0.427 e. The zero-order valence-corrected chi connectivity index (χ0v) is 20.5. The molecular weight excluding hydrogens is 492 g/mol. The van der Waals surface area contributed by atoms with Gasteiger partial charge in [0.05, 0.1) is 23.6 Å². The lowest BCUT2D eigenvalue weighted by molar-refractivity contribution is -0.132. The van der Waals surface area contributed by atoms with Crippen molar-refractivity contribution < 1.29 is 23.9 Å². The first-order valence-corrected chi connectivity index (χ1v) is 12.2. The molecule has 2 saturated heterocycles. The van der Waals surface area contributed by atoms with Gasteiger partial charge in [-0.15, -0.1) is 0 Å². The van der Waals surface area contributed by atoms with Crippen molar-refractivity contribution in [2.75, 3.05) is 4.90 Å². The number of benzene rings is 3. The van der Waals surface area contributed by atoms with Gasteiger partial charge < -0.3 is 9.64 Å². The highest BCUT2D eigenvalue weighted by Gasteiger charge is 2.64. The molecule has 0 aromatic heterocycles. The lowest BCUT2D eigenvalue weighted by atomic mass is 9.83. The molecule has 3 aliphatic heterocycles. The first kappa shape index (κ1) is 23.2. The highest BCUT2D eigenvalue weighted by Crippen LogP contribution is 2.53. The molecule has 6 rings (SSSR count). The number of amides is 2. The first-order chi connectivity index (χ1) is 17.8. The average Bonchev–Trinajstić information content (AvgIpc) is 3.37. The molecule has 0 saturated carbocycles. The Kier molecular flexibility index (Phi) is 5.46. The number of nitrogens with zero attached hydrogens (tertiary/aromatic N) is 2. The molecule has 0 aliphatic carbocycles. The maximum absolute atomic E-state index is 13.9. The van der Waals surface area contributed by atoms with Crippen LogP contribution in [0.4, 0.5) is 5.69 Å². The zero-order valence-electron chi connectivity index (χ0n) is 19.7. The van der Waals surface area contributed by atoms with Gasteiger partial charge in [-0.05, 0) is 65.7 Å². The van der Waals surface area contributed by atoms with Gasteiger partial charge in [0.1, 0.15) is 11.8 Å². The average molecular weight is 513 g/mol. The Hall–Kier alpha value is -4.23. The molecule has 0 bridgehead atoms. The van der Waals surface area contributed by atoms with E-state index >= 15 is 0 Å². The van der Waals surface area contributed by atoms with Crippen molar-refractivity contribution in [3.63, 3.8) is 0 Å². The minimum atomic E-state index is -0.882. The van der Waals surface area contributed by atoms with Crippen LogP contribution in [0, 0.1) is 11.8 Å². The van der Waals surface area contributed by atoms with Gasteiger partial charge in [0.2, 0.25) is 11.8 Å². The number of hydrogen-bond donors (Lipinski definition) is 0. The van der Waals surface area contributed by atoms with E-state index in [1.54, 1.807) is 48.5 Å². The van der Waals surface area contributed by atoms with Crippen LogP contribution in [0.5, 0.6) is 5.75 Å². The molecule has 0 spiro atoms. The number of rotatable bonds is 4. The predicted molar refractivity (Wildman–Crippen MR) is 137 cm³/mol. The molecule has 3 aromatic carbocycles. The van der Waals surface area contributed by atoms with Gasteiger partial charge in [-0.3, -0.25) is 19.2 Å². The number of ketones is 1. The second kappa shape index (κ2) is 8.71. The number of Topliss-reactive ketones (excluding diaryl/α,β-unsaturated/α-hetero) is 1. The number of carbonyl (C=O) groups is 4. The van der Waals surface area contributed by atoms with Crippen LogP contribution in [0.2, 0.25) is 5.02 Å².